The van der Waals surface area contributed by atoms with Crippen molar-refractivity contribution >= 4 is 35.5 Å². The van der Waals surface area contributed by atoms with E-state index < -0.39 is 29.8 Å². The first-order chi connectivity index (χ1) is 22.2. The number of carbonyl (C=O) groups is 4. The number of benzene rings is 3. The Morgan fingerprint density at radius 3 is 2.15 bits per heavy atom. The van der Waals surface area contributed by atoms with Crippen LogP contribution in [0, 0.1) is 5.92 Å². The minimum atomic E-state index is -0.875. The third-order valence-corrected chi connectivity index (χ3v) is 7.29. The van der Waals surface area contributed by atoms with E-state index in [1.807, 2.05) is 62.4 Å². The second-order valence-electron chi connectivity index (χ2n) is 11.0. The van der Waals surface area contributed by atoms with Gasteiger partial charge in [0.15, 0.2) is 5.69 Å². The first-order valence-electron chi connectivity index (χ1n) is 15.1. The van der Waals surface area contributed by atoms with Crippen LogP contribution in [0.3, 0.4) is 0 Å². The van der Waals surface area contributed by atoms with Crippen LogP contribution in [0.15, 0.2) is 95.6 Å². The summed E-state index contributed by atoms with van der Waals surface area (Å²) in [6.45, 7) is 4.10. The zero-order valence-electron chi connectivity index (χ0n) is 25.9. The largest absolute Gasteiger partial charge is 0.444 e. The molecule has 0 aliphatic heterocycles. The number of imide groups is 2. The van der Waals surface area contributed by atoms with E-state index >= 15 is 0 Å². The molecule has 46 heavy (non-hydrogen) atoms. The van der Waals surface area contributed by atoms with E-state index in [0.717, 1.165) is 32.8 Å². The van der Waals surface area contributed by atoms with Gasteiger partial charge in [0.25, 0.3) is 11.8 Å². The van der Waals surface area contributed by atoms with Crippen molar-refractivity contribution in [2.45, 2.75) is 46.3 Å². The number of hydrogen-bond acceptors (Lipinski definition) is 7. The normalized spacial score (nSPS) is 10.8. The number of halogens is 1. The Morgan fingerprint density at radius 1 is 0.848 bits per heavy atom. The molecule has 0 aliphatic rings. The second kappa shape index (κ2) is 16.9. The molecule has 0 bridgehead atoms. The first-order valence-corrected chi connectivity index (χ1v) is 15.4. The van der Waals surface area contributed by atoms with Gasteiger partial charge in [-0.2, -0.15) is 4.98 Å². The highest BCUT2D eigenvalue weighted by atomic mass is 35.5. The van der Waals surface area contributed by atoms with Crippen LogP contribution in [0.4, 0.5) is 9.59 Å². The van der Waals surface area contributed by atoms with Crippen molar-refractivity contribution in [3.05, 3.63) is 124 Å². The third-order valence-electron chi connectivity index (χ3n) is 7.04. The molecule has 1 N–H and O–H groups in total. The van der Waals surface area contributed by atoms with Crippen molar-refractivity contribution in [3.8, 4) is 0 Å². The number of rotatable bonds is 13. The molecule has 10 nitrogen and oxygen atoms in total. The molecule has 5 amide bonds. The summed E-state index contributed by atoms with van der Waals surface area (Å²) in [5.41, 5.74) is 2.46. The second-order valence-corrected chi connectivity index (χ2v) is 11.5. The van der Waals surface area contributed by atoms with E-state index in [2.05, 4.69) is 10.3 Å². The Bertz CT molecular complexity index is 1590. The van der Waals surface area contributed by atoms with Crippen LogP contribution in [0.1, 0.15) is 64.6 Å². The number of aromatic nitrogens is 1. The molecular formula is C35H37ClN4O6. The van der Waals surface area contributed by atoms with Crippen LogP contribution in [-0.2, 0) is 24.3 Å². The number of amides is 5. The molecule has 0 spiro atoms. The molecule has 3 aromatic carbocycles. The van der Waals surface area contributed by atoms with E-state index in [4.69, 9.17) is 20.8 Å². The summed E-state index contributed by atoms with van der Waals surface area (Å²) >= 11 is 5.92. The molecule has 1 heterocycles. The number of urea groups is 1. The van der Waals surface area contributed by atoms with E-state index in [-0.39, 0.29) is 37.9 Å². The van der Waals surface area contributed by atoms with Gasteiger partial charge >= 0.3 is 18.0 Å². The van der Waals surface area contributed by atoms with Gasteiger partial charge in [-0.15, -0.1) is 0 Å². The van der Waals surface area contributed by atoms with Gasteiger partial charge in [-0.25, -0.2) is 14.5 Å². The Balaban J connectivity index is 1.51. The Kier molecular flexibility index (Phi) is 12.5. The van der Waals surface area contributed by atoms with Crippen LogP contribution in [0.5, 0.6) is 0 Å². The molecule has 1 aromatic heterocycles. The number of nitrogens with zero attached hydrogens (tertiary/aromatic N) is 3. The molecular weight excluding hydrogens is 608 g/mol. The molecule has 0 fully saturated rings. The molecule has 0 atom stereocenters. The summed E-state index contributed by atoms with van der Waals surface area (Å²) in [5, 5.41) is 3.29. The maximum absolute atomic E-state index is 14.0. The molecule has 11 heteroatoms. The number of oxazole rings is 1. The molecule has 0 saturated carbocycles. The highest BCUT2D eigenvalue weighted by Gasteiger charge is 2.34. The van der Waals surface area contributed by atoms with Gasteiger partial charge in [0.05, 0.1) is 0 Å². The molecule has 4 rings (SSSR count). The summed E-state index contributed by atoms with van der Waals surface area (Å²) < 4.78 is 10.9. The van der Waals surface area contributed by atoms with E-state index in [1.54, 1.807) is 36.4 Å². The highest BCUT2D eigenvalue weighted by molar-refractivity contribution is 6.30. The predicted molar refractivity (Wildman–Crippen MR) is 173 cm³/mol. The summed E-state index contributed by atoms with van der Waals surface area (Å²) in [4.78, 5) is 59.7. The summed E-state index contributed by atoms with van der Waals surface area (Å²) in [7, 11) is 0. The minimum absolute atomic E-state index is 0.0306. The average Bonchev–Trinajstić information content (AvgIpc) is 3.57. The molecule has 0 radical (unpaired) electrons. The maximum Gasteiger partial charge on any atom is 0.418 e. The van der Waals surface area contributed by atoms with Gasteiger partial charge in [-0.3, -0.25) is 14.5 Å². The van der Waals surface area contributed by atoms with Gasteiger partial charge in [0.1, 0.15) is 12.9 Å². The van der Waals surface area contributed by atoms with Gasteiger partial charge in [-0.05, 0) is 54.0 Å². The average molecular weight is 645 g/mol. The van der Waals surface area contributed by atoms with Gasteiger partial charge in [-0.1, -0.05) is 98.2 Å². The maximum atomic E-state index is 14.0. The topological polar surface area (TPSA) is 122 Å². The Morgan fingerprint density at radius 2 is 1.50 bits per heavy atom. The zero-order chi connectivity index (χ0) is 32.9. The lowest BCUT2D eigenvalue weighted by molar-refractivity contribution is 0.0677. The predicted octanol–water partition coefficient (Wildman–Crippen LogP) is 7.14. The lowest BCUT2D eigenvalue weighted by Gasteiger charge is -2.27. The van der Waals surface area contributed by atoms with Crippen LogP contribution < -0.4 is 5.32 Å². The lowest BCUT2D eigenvalue weighted by Crippen LogP contribution is -2.50. The Labute approximate surface area is 273 Å². The van der Waals surface area contributed by atoms with Crippen LogP contribution in [0.2, 0.25) is 5.02 Å². The fourth-order valence-electron chi connectivity index (χ4n) is 4.43. The van der Waals surface area contributed by atoms with E-state index in [1.165, 1.54) is 0 Å². The molecule has 0 unspecified atom stereocenters. The standard InChI is InChI=1S/C35H37ClN4O6/c1-25(2)19-21-40(35(44)46-23-28-12-7-4-8-13-28)34(43)39(20-9-14-26-10-5-3-6-11-26)33(42)32-38-30(24-45-32)31(41)37-22-27-15-17-29(36)18-16-27/h3-8,10-13,15-18,24-25H,9,14,19-23H2,1-2H3,(H,37,41). The van der Waals surface area contributed by atoms with Gasteiger partial charge in [0.2, 0.25) is 0 Å². The van der Waals surface area contributed by atoms with E-state index in [9.17, 15) is 19.2 Å². The van der Waals surface area contributed by atoms with Crippen molar-refractivity contribution in [1.29, 1.82) is 0 Å². The summed E-state index contributed by atoms with van der Waals surface area (Å²) in [6.07, 6.45) is 1.67. The molecule has 0 aliphatic carbocycles. The van der Waals surface area contributed by atoms with Crippen molar-refractivity contribution < 1.29 is 28.3 Å². The monoisotopic (exact) mass is 644 g/mol. The van der Waals surface area contributed by atoms with Crippen molar-refractivity contribution in [2.75, 3.05) is 13.1 Å². The fraction of sp³-hybridized carbons (Fsp3) is 0.286. The van der Waals surface area contributed by atoms with Crippen LogP contribution in [-0.4, -0.2) is 51.8 Å². The van der Waals surface area contributed by atoms with Crippen molar-refractivity contribution in [1.82, 2.24) is 20.1 Å². The first kappa shape index (κ1) is 33.9. The SMILES string of the molecule is CC(C)CCN(C(=O)OCc1ccccc1)C(=O)N(CCCc1ccccc1)C(=O)c1nc(C(=O)NCc2ccc(Cl)cc2)co1. The summed E-state index contributed by atoms with van der Waals surface area (Å²) in [6, 6.07) is 24.8. The lowest BCUT2D eigenvalue weighted by atomic mass is 10.1. The van der Waals surface area contributed by atoms with E-state index in [0.29, 0.717) is 24.3 Å². The van der Waals surface area contributed by atoms with Crippen LogP contribution in [0.25, 0.3) is 0 Å². The smallest absolute Gasteiger partial charge is 0.418 e. The Hall–Kier alpha value is -4.96. The number of carbonyl (C=O) groups excluding carboxylic acids is 4. The van der Waals surface area contributed by atoms with Crippen molar-refractivity contribution in [3.63, 3.8) is 0 Å². The van der Waals surface area contributed by atoms with Crippen LogP contribution >= 0.6 is 11.6 Å². The number of ether oxygens (including phenoxy) is 1. The minimum Gasteiger partial charge on any atom is -0.444 e. The number of nitrogens with one attached hydrogen (secondary N) is 1. The third kappa shape index (κ3) is 10.0. The molecule has 240 valence electrons. The van der Waals surface area contributed by atoms with Gasteiger partial charge < -0.3 is 14.5 Å². The fourth-order valence-corrected chi connectivity index (χ4v) is 4.56. The van der Waals surface area contributed by atoms with Gasteiger partial charge in [0, 0.05) is 24.7 Å². The molecule has 0 saturated heterocycles. The van der Waals surface area contributed by atoms with Crippen molar-refractivity contribution in [2.24, 2.45) is 5.92 Å². The zero-order valence-corrected chi connectivity index (χ0v) is 26.6. The highest BCUT2D eigenvalue weighted by Crippen LogP contribution is 2.16. The summed E-state index contributed by atoms with van der Waals surface area (Å²) in [5.74, 6) is -1.73. The number of aryl methyl sites for hydroxylation is 1. The molecule has 4 aromatic rings. The number of hydrogen-bond donors (Lipinski definition) is 1. The quantitative estimate of drug-likeness (QED) is 0.164.